The largest absolute Gasteiger partial charge is 0.398 e. The second-order valence-electron chi connectivity index (χ2n) is 3.60. The van der Waals surface area contributed by atoms with Crippen molar-refractivity contribution in [2.45, 2.75) is 18.4 Å². The van der Waals surface area contributed by atoms with Gasteiger partial charge in [0.2, 0.25) is 10.0 Å². The molecule has 3 N–H and O–H groups in total. The van der Waals surface area contributed by atoms with E-state index in [0.29, 0.717) is 5.01 Å². The standard InChI is InChI=1S/C10H12N4O2S2/c1-7-4-13-10(17-7)6-14-18(15,16)9-5-12-3-2-8(9)11/h2-5,14H,6H2,1H3,(H2,11,12). The Morgan fingerprint density at radius 2 is 2.22 bits per heavy atom. The van der Waals surface area contributed by atoms with Crippen molar-refractivity contribution in [2.24, 2.45) is 0 Å². The lowest BCUT2D eigenvalue weighted by Crippen LogP contribution is -2.24. The highest BCUT2D eigenvalue weighted by Gasteiger charge is 2.17. The molecule has 2 aromatic rings. The van der Waals surface area contributed by atoms with Crippen LogP contribution in [0.3, 0.4) is 0 Å². The van der Waals surface area contributed by atoms with Crippen LogP contribution < -0.4 is 10.5 Å². The normalized spacial score (nSPS) is 11.6. The van der Waals surface area contributed by atoms with Crippen LogP contribution in [0, 0.1) is 6.92 Å². The summed E-state index contributed by atoms with van der Waals surface area (Å²) in [4.78, 5) is 8.86. The number of aromatic nitrogens is 2. The van der Waals surface area contributed by atoms with Gasteiger partial charge in [0, 0.05) is 23.5 Å². The monoisotopic (exact) mass is 284 g/mol. The average Bonchev–Trinajstić information content (AvgIpc) is 2.73. The molecule has 2 rings (SSSR count). The Balaban J connectivity index is 2.16. The molecule has 0 bridgehead atoms. The van der Waals surface area contributed by atoms with Crippen molar-refractivity contribution in [3.63, 3.8) is 0 Å². The van der Waals surface area contributed by atoms with E-state index in [4.69, 9.17) is 5.73 Å². The lowest BCUT2D eigenvalue weighted by Gasteiger charge is -2.06. The van der Waals surface area contributed by atoms with E-state index in [2.05, 4.69) is 14.7 Å². The van der Waals surface area contributed by atoms with E-state index in [1.807, 2.05) is 6.92 Å². The van der Waals surface area contributed by atoms with Crippen molar-refractivity contribution in [2.75, 3.05) is 5.73 Å². The van der Waals surface area contributed by atoms with Crippen molar-refractivity contribution in [1.29, 1.82) is 0 Å². The zero-order chi connectivity index (χ0) is 13.2. The number of nitrogens with two attached hydrogens (primary N) is 1. The molecule has 0 spiro atoms. The summed E-state index contributed by atoms with van der Waals surface area (Å²) in [5.74, 6) is 0. The lowest BCUT2D eigenvalue weighted by atomic mass is 10.4. The maximum Gasteiger partial charge on any atom is 0.244 e. The van der Waals surface area contributed by atoms with E-state index in [1.165, 1.54) is 29.8 Å². The number of nitrogens with one attached hydrogen (secondary N) is 1. The Kier molecular flexibility index (Phi) is 3.60. The second-order valence-corrected chi connectivity index (χ2v) is 6.66. The van der Waals surface area contributed by atoms with Gasteiger partial charge < -0.3 is 5.73 Å². The molecule has 8 heteroatoms. The van der Waals surface area contributed by atoms with E-state index in [0.717, 1.165) is 4.88 Å². The molecule has 18 heavy (non-hydrogen) atoms. The van der Waals surface area contributed by atoms with Crippen molar-refractivity contribution >= 4 is 27.0 Å². The number of aryl methyl sites for hydroxylation is 1. The second kappa shape index (κ2) is 5.01. The number of pyridine rings is 1. The maximum absolute atomic E-state index is 12.0. The molecule has 0 amide bonds. The Bertz CT molecular complexity index is 651. The van der Waals surface area contributed by atoms with Crippen LogP contribution in [0.4, 0.5) is 5.69 Å². The third-order valence-electron chi connectivity index (χ3n) is 2.19. The summed E-state index contributed by atoms with van der Waals surface area (Å²) in [5, 5.41) is 0.707. The first kappa shape index (κ1) is 12.9. The van der Waals surface area contributed by atoms with Crippen LogP contribution in [0.1, 0.15) is 9.88 Å². The van der Waals surface area contributed by atoms with Gasteiger partial charge in [-0.05, 0) is 13.0 Å². The molecule has 0 atom stereocenters. The van der Waals surface area contributed by atoms with Crippen LogP contribution >= 0.6 is 11.3 Å². The molecule has 6 nitrogen and oxygen atoms in total. The Hall–Kier alpha value is -1.51. The topological polar surface area (TPSA) is 98.0 Å². The van der Waals surface area contributed by atoms with Gasteiger partial charge in [-0.25, -0.2) is 18.1 Å². The quantitative estimate of drug-likeness (QED) is 0.869. The highest BCUT2D eigenvalue weighted by atomic mass is 32.2. The fourth-order valence-electron chi connectivity index (χ4n) is 1.33. The fourth-order valence-corrected chi connectivity index (χ4v) is 3.21. The van der Waals surface area contributed by atoms with Gasteiger partial charge >= 0.3 is 0 Å². The first-order valence-corrected chi connectivity index (χ1v) is 7.39. The zero-order valence-electron chi connectivity index (χ0n) is 9.62. The minimum Gasteiger partial charge on any atom is -0.398 e. The smallest absolute Gasteiger partial charge is 0.244 e. The minimum atomic E-state index is -3.65. The minimum absolute atomic E-state index is 0.0155. The Morgan fingerprint density at radius 3 is 2.83 bits per heavy atom. The lowest BCUT2D eigenvalue weighted by molar-refractivity contribution is 0.581. The average molecular weight is 284 g/mol. The number of rotatable bonds is 4. The van der Waals surface area contributed by atoms with Gasteiger partial charge in [-0.3, -0.25) is 4.98 Å². The number of hydrogen-bond acceptors (Lipinski definition) is 6. The molecule has 0 aromatic carbocycles. The van der Waals surface area contributed by atoms with E-state index >= 15 is 0 Å². The molecule has 96 valence electrons. The molecule has 0 aliphatic rings. The molecule has 0 aliphatic carbocycles. The van der Waals surface area contributed by atoms with Crippen molar-refractivity contribution in [3.8, 4) is 0 Å². The molecular formula is C10H12N4O2S2. The highest BCUT2D eigenvalue weighted by Crippen LogP contribution is 2.17. The predicted molar refractivity (Wildman–Crippen MR) is 69.5 cm³/mol. The van der Waals surface area contributed by atoms with E-state index in [1.54, 1.807) is 6.20 Å². The summed E-state index contributed by atoms with van der Waals surface area (Å²) in [5.41, 5.74) is 5.78. The number of nitrogen functional groups attached to an aromatic ring is 1. The van der Waals surface area contributed by atoms with Gasteiger partial charge in [0.15, 0.2) is 0 Å². The summed E-state index contributed by atoms with van der Waals surface area (Å²) >= 11 is 1.44. The molecule has 0 saturated heterocycles. The summed E-state index contributed by atoms with van der Waals surface area (Å²) in [7, 11) is -3.65. The Morgan fingerprint density at radius 1 is 1.44 bits per heavy atom. The van der Waals surface area contributed by atoms with E-state index < -0.39 is 10.0 Å². The summed E-state index contributed by atoms with van der Waals surface area (Å²) in [6.07, 6.45) is 4.37. The predicted octanol–water partition coefficient (Wildman–Crippen LogP) is 0.907. The van der Waals surface area contributed by atoms with Crippen LogP contribution in [0.25, 0.3) is 0 Å². The molecular weight excluding hydrogens is 272 g/mol. The van der Waals surface area contributed by atoms with Crippen LogP contribution in [-0.2, 0) is 16.6 Å². The number of thiazole rings is 1. The van der Waals surface area contributed by atoms with Gasteiger partial charge in [0.05, 0.1) is 12.2 Å². The van der Waals surface area contributed by atoms with Gasteiger partial charge in [-0.1, -0.05) is 0 Å². The molecule has 0 radical (unpaired) electrons. The molecule has 0 saturated carbocycles. The fraction of sp³-hybridized carbons (Fsp3) is 0.200. The molecule has 2 heterocycles. The molecule has 0 fully saturated rings. The molecule has 0 unspecified atom stereocenters. The molecule has 2 aromatic heterocycles. The summed E-state index contributed by atoms with van der Waals surface area (Å²) < 4.78 is 26.4. The van der Waals surface area contributed by atoms with E-state index in [-0.39, 0.29) is 17.1 Å². The highest BCUT2D eigenvalue weighted by molar-refractivity contribution is 7.89. The summed E-state index contributed by atoms with van der Waals surface area (Å²) in [6.45, 7) is 2.06. The number of hydrogen-bond donors (Lipinski definition) is 2. The first-order valence-electron chi connectivity index (χ1n) is 5.09. The van der Waals surface area contributed by atoms with Gasteiger partial charge in [0.1, 0.15) is 9.90 Å². The van der Waals surface area contributed by atoms with Crippen LogP contribution in [0.15, 0.2) is 29.6 Å². The third-order valence-corrected chi connectivity index (χ3v) is 4.55. The van der Waals surface area contributed by atoms with Crippen molar-refractivity contribution < 1.29 is 8.42 Å². The first-order chi connectivity index (χ1) is 8.49. The number of anilines is 1. The van der Waals surface area contributed by atoms with Crippen LogP contribution in [0.2, 0.25) is 0 Å². The van der Waals surface area contributed by atoms with Crippen molar-refractivity contribution in [3.05, 3.63) is 34.5 Å². The van der Waals surface area contributed by atoms with Gasteiger partial charge in [-0.2, -0.15) is 0 Å². The van der Waals surface area contributed by atoms with Crippen LogP contribution in [0.5, 0.6) is 0 Å². The van der Waals surface area contributed by atoms with Crippen LogP contribution in [-0.4, -0.2) is 18.4 Å². The third kappa shape index (κ3) is 2.84. The number of sulfonamides is 1. The van der Waals surface area contributed by atoms with E-state index in [9.17, 15) is 8.42 Å². The summed E-state index contributed by atoms with van der Waals surface area (Å²) in [6, 6.07) is 1.45. The Labute approximate surface area is 109 Å². The number of nitrogens with zero attached hydrogens (tertiary/aromatic N) is 2. The maximum atomic E-state index is 12.0. The SMILES string of the molecule is Cc1cnc(CNS(=O)(=O)c2cnccc2N)s1. The van der Waals surface area contributed by atoms with Gasteiger partial charge in [0.25, 0.3) is 0 Å². The zero-order valence-corrected chi connectivity index (χ0v) is 11.3. The van der Waals surface area contributed by atoms with Crippen molar-refractivity contribution in [1.82, 2.24) is 14.7 Å². The van der Waals surface area contributed by atoms with Gasteiger partial charge in [-0.15, -0.1) is 11.3 Å². The molecule has 0 aliphatic heterocycles.